The summed E-state index contributed by atoms with van der Waals surface area (Å²) in [4.78, 5) is 27.8. The van der Waals surface area contributed by atoms with Gasteiger partial charge in [-0.2, -0.15) is 14.4 Å². The van der Waals surface area contributed by atoms with Crippen LogP contribution in [0, 0.1) is 29.9 Å². The van der Waals surface area contributed by atoms with Crippen LogP contribution in [0.25, 0.3) is 0 Å². The highest BCUT2D eigenvalue weighted by atomic mass is 19.3. The number of carbonyl (C=O) groups excluding carboxylic acids is 1. The Morgan fingerprint density at radius 1 is 1.06 bits per heavy atom. The largest absolute Gasteiger partial charge is 0.342 e. The number of hydrogen-bond donors (Lipinski definition) is 1. The SMILES string of the molecule is Cc1c(F)c(F)nc(Nc2cc(C3CCN(C(=O)C4(C)CC4)CC3)nc(N3CC(F)(F)C3)n2)c1F. The van der Waals surface area contributed by atoms with Gasteiger partial charge in [0.25, 0.3) is 11.9 Å². The van der Waals surface area contributed by atoms with Crippen molar-refractivity contribution >= 4 is 23.5 Å². The highest BCUT2D eigenvalue weighted by Crippen LogP contribution is 2.47. The standard InChI is InChI=1S/C23H25F5N6O/c1-12-16(24)18(26)32-19(17(12)25)30-15-9-14(29-21(31-15)34-10-23(27,28)11-34)13-3-7-33(8-4-13)20(35)22(2)5-6-22/h9,13H,3-8,10-11H2,1-2H3,(H,29,30,31,32). The van der Waals surface area contributed by atoms with Gasteiger partial charge in [-0.1, -0.05) is 6.92 Å². The number of carbonyl (C=O) groups is 1. The quantitative estimate of drug-likeness (QED) is 0.492. The molecular formula is C23H25F5N6O. The lowest BCUT2D eigenvalue weighted by Gasteiger charge is -2.39. The predicted molar refractivity (Wildman–Crippen MR) is 117 cm³/mol. The Balaban J connectivity index is 1.40. The van der Waals surface area contributed by atoms with E-state index in [4.69, 9.17) is 0 Å². The lowest BCUT2D eigenvalue weighted by atomic mass is 9.92. The summed E-state index contributed by atoms with van der Waals surface area (Å²) in [5, 5.41) is 2.56. The normalized spacial score (nSPS) is 21.0. The third-order valence-electron chi connectivity index (χ3n) is 7.08. The molecule has 35 heavy (non-hydrogen) atoms. The number of piperidine rings is 1. The Morgan fingerprint density at radius 2 is 1.71 bits per heavy atom. The molecule has 2 saturated heterocycles. The molecule has 1 saturated carbocycles. The summed E-state index contributed by atoms with van der Waals surface area (Å²) in [5.41, 5.74) is -0.260. The molecule has 0 aromatic carbocycles. The van der Waals surface area contributed by atoms with Gasteiger partial charge in [-0.15, -0.1) is 0 Å². The summed E-state index contributed by atoms with van der Waals surface area (Å²) in [6.07, 6.45) is 3.02. The van der Waals surface area contributed by atoms with Crippen LogP contribution in [0.4, 0.5) is 39.5 Å². The minimum atomic E-state index is -2.86. The summed E-state index contributed by atoms with van der Waals surface area (Å²) in [6.45, 7) is 3.02. The molecule has 3 aliphatic rings. The van der Waals surface area contributed by atoms with Crippen LogP contribution in [0.5, 0.6) is 0 Å². The maximum Gasteiger partial charge on any atom is 0.282 e. The van der Waals surface area contributed by atoms with Crippen LogP contribution in [0.2, 0.25) is 0 Å². The Kier molecular flexibility index (Phi) is 5.59. The van der Waals surface area contributed by atoms with Gasteiger partial charge in [0.2, 0.25) is 11.9 Å². The van der Waals surface area contributed by atoms with Crippen molar-refractivity contribution in [3.63, 3.8) is 0 Å². The highest BCUT2D eigenvalue weighted by molar-refractivity contribution is 5.85. The molecule has 12 heteroatoms. The van der Waals surface area contributed by atoms with Gasteiger partial charge >= 0.3 is 0 Å². The van der Waals surface area contributed by atoms with Crippen molar-refractivity contribution in [1.29, 1.82) is 0 Å². The maximum atomic E-state index is 14.5. The van der Waals surface area contributed by atoms with Crippen LogP contribution >= 0.6 is 0 Å². The number of nitrogens with zero attached hydrogens (tertiary/aromatic N) is 5. The molecule has 4 heterocycles. The molecule has 2 aromatic rings. The van der Waals surface area contributed by atoms with Crippen molar-refractivity contribution in [3.05, 3.63) is 34.9 Å². The van der Waals surface area contributed by atoms with E-state index in [1.54, 1.807) is 0 Å². The molecule has 1 amide bonds. The van der Waals surface area contributed by atoms with E-state index < -0.39 is 48.0 Å². The minimum absolute atomic E-state index is 0.0274. The summed E-state index contributed by atoms with van der Waals surface area (Å²) >= 11 is 0. The first-order valence-electron chi connectivity index (χ1n) is 11.5. The first-order chi connectivity index (χ1) is 16.5. The van der Waals surface area contributed by atoms with Crippen molar-refractivity contribution in [2.24, 2.45) is 5.41 Å². The smallest absolute Gasteiger partial charge is 0.282 e. The highest BCUT2D eigenvalue weighted by Gasteiger charge is 2.48. The fraction of sp³-hybridized carbons (Fsp3) is 0.565. The van der Waals surface area contributed by atoms with Crippen LogP contribution in [0.15, 0.2) is 6.07 Å². The average molecular weight is 496 g/mol. The average Bonchev–Trinajstić information content (AvgIpc) is 3.57. The number of alkyl halides is 2. The second kappa shape index (κ2) is 8.27. The number of nitrogens with one attached hydrogen (secondary N) is 1. The minimum Gasteiger partial charge on any atom is -0.342 e. The van der Waals surface area contributed by atoms with Gasteiger partial charge < -0.3 is 15.1 Å². The molecule has 2 aromatic heterocycles. The van der Waals surface area contributed by atoms with Crippen LogP contribution in [0.3, 0.4) is 0 Å². The fourth-order valence-corrected chi connectivity index (χ4v) is 4.51. The van der Waals surface area contributed by atoms with Crippen molar-refractivity contribution in [3.8, 4) is 0 Å². The molecule has 0 spiro atoms. The van der Waals surface area contributed by atoms with E-state index in [0.717, 1.165) is 19.8 Å². The number of pyridine rings is 1. The second-order valence-electron chi connectivity index (χ2n) is 9.95. The molecule has 0 radical (unpaired) electrons. The molecule has 0 atom stereocenters. The maximum absolute atomic E-state index is 14.5. The lowest BCUT2D eigenvalue weighted by Crippen LogP contribution is -2.57. The molecule has 2 aliphatic heterocycles. The second-order valence-corrected chi connectivity index (χ2v) is 9.95. The monoisotopic (exact) mass is 496 g/mol. The van der Waals surface area contributed by atoms with Crippen molar-refractivity contribution in [2.75, 3.05) is 36.4 Å². The van der Waals surface area contributed by atoms with Gasteiger partial charge in [0, 0.05) is 36.1 Å². The van der Waals surface area contributed by atoms with Gasteiger partial charge in [0.15, 0.2) is 17.5 Å². The molecule has 7 nitrogen and oxygen atoms in total. The van der Waals surface area contributed by atoms with Crippen molar-refractivity contribution in [1.82, 2.24) is 19.9 Å². The summed E-state index contributed by atoms with van der Waals surface area (Å²) < 4.78 is 68.9. The number of amides is 1. The molecule has 188 valence electrons. The van der Waals surface area contributed by atoms with E-state index in [1.807, 2.05) is 11.8 Å². The molecule has 5 rings (SSSR count). The van der Waals surface area contributed by atoms with E-state index in [2.05, 4.69) is 20.3 Å². The molecule has 0 unspecified atom stereocenters. The Morgan fingerprint density at radius 3 is 2.31 bits per heavy atom. The Hall–Kier alpha value is -3.05. The zero-order chi connectivity index (χ0) is 25.1. The van der Waals surface area contributed by atoms with E-state index in [1.165, 1.54) is 11.0 Å². The van der Waals surface area contributed by atoms with Crippen molar-refractivity contribution in [2.45, 2.75) is 51.4 Å². The van der Waals surface area contributed by atoms with Crippen LogP contribution in [-0.4, -0.2) is 57.9 Å². The summed E-state index contributed by atoms with van der Waals surface area (Å²) in [5.74, 6) is -7.24. The zero-order valence-electron chi connectivity index (χ0n) is 19.3. The van der Waals surface area contributed by atoms with E-state index in [-0.39, 0.29) is 29.0 Å². The van der Waals surface area contributed by atoms with E-state index in [0.29, 0.717) is 31.6 Å². The predicted octanol–water partition coefficient (Wildman–Crippen LogP) is 4.30. The van der Waals surface area contributed by atoms with Crippen LogP contribution in [-0.2, 0) is 4.79 Å². The molecule has 3 fully saturated rings. The Bertz CT molecular complexity index is 1170. The third-order valence-corrected chi connectivity index (χ3v) is 7.08. The third kappa shape index (κ3) is 4.50. The first-order valence-corrected chi connectivity index (χ1v) is 11.5. The number of anilines is 3. The fourth-order valence-electron chi connectivity index (χ4n) is 4.51. The van der Waals surface area contributed by atoms with Gasteiger partial charge in [0.05, 0.1) is 18.8 Å². The molecule has 1 aliphatic carbocycles. The number of likely N-dealkylation sites (tertiary alicyclic amines) is 1. The van der Waals surface area contributed by atoms with E-state index >= 15 is 0 Å². The molecular weight excluding hydrogens is 471 g/mol. The van der Waals surface area contributed by atoms with Crippen LogP contribution < -0.4 is 10.2 Å². The van der Waals surface area contributed by atoms with Gasteiger partial charge in [0.1, 0.15) is 5.82 Å². The number of rotatable bonds is 5. The van der Waals surface area contributed by atoms with Crippen molar-refractivity contribution < 1.29 is 26.7 Å². The van der Waals surface area contributed by atoms with Gasteiger partial charge in [-0.3, -0.25) is 4.79 Å². The number of aromatic nitrogens is 3. The Labute approximate surface area is 198 Å². The molecule has 1 N–H and O–H groups in total. The number of halogens is 5. The lowest BCUT2D eigenvalue weighted by molar-refractivity contribution is -0.137. The molecule has 0 bridgehead atoms. The van der Waals surface area contributed by atoms with Gasteiger partial charge in [-0.05, 0) is 32.6 Å². The number of hydrogen-bond acceptors (Lipinski definition) is 6. The summed E-state index contributed by atoms with van der Waals surface area (Å²) in [6, 6.07) is 1.53. The zero-order valence-corrected chi connectivity index (χ0v) is 19.3. The summed E-state index contributed by atoms with van der Waals surface area (Å²) in [7, 11) is 0. The van der Waals surface area contributed by atoms with Gasteiger partial charge in [-0.25, -0.2) is 22.5 Å². The van der Waals surface area contributed by atoms with Crippen LogP contribution in [0.1, 0.15) is 49.8 Å². The van der Waals surface area contributed by atoms with E-state index in [9.17, 15) is 26.7 Å². The first kappa shape index (κ1) is 23.7. The topological polar surface area (TPSA) is 74.2 Å².